The Morgan fingerprint density at radius 1 is 1.24 bits per heavy atom. The summed E-state index contributed by atoms with van der Waals surface area (Å²) in [4.78, 5) is 28.7. The standard InChI is InChI=1S/C20H28N2O3/c1-3-4-5-15-6-8-17(9-7-15)22-13-16(12-19(22)23)20(24)21-11-10-18(14-21)25-2/h6-9,16,18H,3-5,10-14H2,1-2H3. The molecule has 2 fully saturated rings. The van der Waals surface area contributed by atoms with Gasteiger partial charge in [-0.25, -0.2) is 0 Å². The molecular weight excluding hydrogens is 316 g/mol. The fourth-order valence-corrected chi connectivity index (χ4v) is 3.72. The second-order valence-corrected chi connectivity index (χ2v) is 7.11. The summed E-state index contributed by atoms with van der Waals surface area (Å²) in [6.45, 7) is 4.05. The SMILES string of the molecule is CCCCc1ccc(N2CC(C(=O)N3CCC(OC)C3)CC2=O)cc1. The number of amides is 2. The van der Waals surface area contributed by atoms with Crippen LogP contribution in [0.25, 0.3) is 0 Å². The number of carbonyl (C=O) groups is 2. The molecule has 0 aromatic heterocycles. The Morgan fingerprint density at radius 2 is 2.00 bits per heavy atom. The van der Waals surface area contributed by atoms with E-state index in [9.17, 15) is 9.59 Å². The molecule has 1 aromatic carbocycles. The zero-order valence-corrected chi connectivity index (χ0v) is 15.2. The topological polar surface area (TPSA) is 49.9 Å². The number of hydrogen-bond acceptors (Lipinski definition) is 3. The number of likely N-dealkylation sites (tertiary alicyclic amines) is 1. The first-order valence-corrected chi connectivity index (χ1v) is 9.33. The Balaban J connectivity index is 1.61. The Kier molecular flexibility index (Phi) is 5.74. The number of rotatable bonds is 6. The first kappa shape index (κ1) is 17.9. The van der Waals surface area contributed by atoms with E-state index in [1.54, 1.807) is 12.0 Å². The lowest BCUT2D eigenvalue weighted by Gasteiger charge is -2.21. The number of aryl methyl sites for hydroxylation is 1. The molecule has 0 spiro atoms. The number of hydrogen-bond donors (Lipinski definition) is 0. The van der Waals surface area contributed by atoms with Gasteiger partial charge in [0, 0.05) is 38.9 Å². The van der Waals surface area contributed by atoms with Crippen LogP contribution in [0.3, 0.4) is 0 Å². The molecule has 2 aliphatic rings. The van der Waals surface area contributed by atoms with Gasteiger partial charge in [-0.1, -0.05) is 25.5 Å². The zero-order chi connectivity index (χ0) is 17.8. The van der Waals surface area contributed by atoms with E-state index in [4.69, 9.17) is 4.74 Å². The molecule has 136 valence electrons. The molecular formula is C20H28N2O3. The van der Waals surface area contributed by atoms with E-state index in [1.807, 2.05) is 17.0 Å². The van der Waals surface area contributed by atoms with E-state index in [1.165, 1.54) is 18.4 Å². The number of unbranched alkanes of at least 4 members (excludes halogenated alkanes) is 1. The summed E-state index contributed by atoms with van der Waals surface area (Å²) in [5, 5.41) is 0. The molecule has 0 saturated carbocycles. The van der Waals surface area contributed by atoms with Gasteiger partial charge < -0.3 is 14.5 Å². The van der Waals surface area contributed by atoms with E-state index in [0.717, 1.165) is 25.1 Å². The van der Waals surface area contributed by atoms with Gasteiger partial charge in [0.15, 0.2) is 0 Å². The minimum absolute atomic E-state index is 0.0437. The Bertz CT molecular complexity index is 614. The van der Waals surface area contributed by atoms with E-state index in [0.29, 0.717) is 19.5 Å². The molecule has 2 heterocycles. The maximum atomic E-state index is 12.7. The predicted octanol–water partition coefficient (Wildman–Crippen LogP) is 2.63. The molecule has 5 nitrogen and oxygen atoms in total. The van der Waals surface area contributed by atoms with Crippen LogP contribution in [0.2, 0.25) is 0 Å². The maximum absolute atomic E-state index is 12.7. The summed E-state index contributed by atoms with van der Waals surface area (Å²) >= 11 is 0. The van der Waals surface area contributed by atoms with Crippen LogP contribution in [0.1, 0.15) is 38.2 Å². The van der Waals surface area contributed by atoms with Crippen molar-refractivity contribution in [2.24, 2.45) is 5.92 Å². The fraction of sp³-hybridized carbons (Fsp3) is 0.600. The molecule has 2 aliphatic heterocycles. The van der Waals surface area contributed by atoms with Crippen molar-refractivity contribution in [3.05, 3.63) is 29.8 Å². The molecule has 0 aliphatic carbocycles. The molecule has 2 atom stereocenters. The van der Waals surface area contributed by atoms with Crippen LogP contribution in [0.5, 0.6) is 0 Å². The maximum Gasteiger partial charge on any atom is 0.228 e. The highest BCUT2D eigenvalue weighted by Gasteiger charge is 2.39. The number of methoxy groups -OCH3 is 1. The summed E-state index contributed by atoms with van der Waals surface area (Å²) < 4.78 is 5.33. The van der Waals surface area contributed by atoms with Crippen LogP contribution in [-0.4, -0.2) is 49.6 Å². The minimum atomic E-state index is -0.233. The van der Waals surface area contributed by atoms with Gasteiger partial charge in [0.2, 0.25) is 11.8 Å². The van der Waals surface area contributed by atoms with Gasteiger partial charge in [0.1, 0.15) is 0 Å². The molecule has 1 aromatic rings. The van der Waals surface area contributed by atoms with Gasteiger partial charge in [0.05, 0.1) is 12.0 Å². The first-order valence-electron chi connectivity index (χ1n) is 9.33. The largest absolute Gasteiger partial charge is 0.380 e. The second-order valence-electron chi connectivity index (χ2n) is 7.11. The molecule has 5 heteroatoms. The molecule has 0 bridgehead atoms. The highest BCUT2D eigenvalue weighted by Crippen LogP contribution is 2.28. The highest BCUT2D eigenvalue weighted by atomic mass is 16.5. The van der Waals surface area contributed by atoms with Crippen molar-refractivity contribution >= 4 is 17.5 Å². The van der Waals surface area contributed by atoms with Crippen molar-refractivity contribution in [2.45, 2.75) is 45.1 Å². The van der Waals surface area contributed by atoms with E-state index in [2.05, 4.69) is 19.1 Å². The molecule has 0 radical (unpaired) electrons. The van der Waals surface area contributed by atoms with Crippen molar-refractivity contribution in [1.82, 2.24) is 4.90 Å². The molecule has 2 unspecified atom stereocenters. The van der Waals surface area contributed by atoms with E-state index in [-0.39, 0.29) is 23.8 Å². The van der Waals surface area contributed by atoms with E-state index >= 15 is 0 Å². The van der Waals surface area contributed by atoms with Crippen LogP contribution >= 0.6 is 0 Å². The Labute approximate surface area is 149 Å². The van der Waals surface area contributed by atoms with Gasteiger partial charge in [-0.05, 0) is 37.0 Å². The van der Waals surface area contributed by atoms with Crippen LogP contribution < -0.4 is 4.90 Å². The average molecular weight is 344 g/mol. The number of nitrogens with zero attached hydrogens (tertiary/aromatic N) is 2. The van der Waals surface area contributed by atoms with Gasteiger partial charge in [-0.2, -0.15) is 0 Å². The lowest BCUT2D eigenvalue weighted by Crippen LogP contribution is -2.36. The summed E-state index contributed by atoms with van der Waals surface area (Å²) in [5.41, 5.74) is 2.20. The summed E-state index contributed by atoms with van der Waals surface area (Å²) in [5.74, 6) is -0.0972. The minimum Gasteiger partial charge on any atom is -0.380 e. The van der Waals surface area contributed by atoms with Crippen molar-refractivity contribution in [2.75, 3.05) is 31.6 Å². The Morgan fingerprint density at radius 3 is 2.64 bits per heavy atom. The zero-order valence-electron chi connectivity index (χ0n) is 15.2. The monoisotopic (exact) mass is 344 g/mol. The highest BCUT2D eigenvalue weighted by molar-refractivity contribution is 6.00. The Hall–Kier alpha value is -1.88. The quantitative estimate of drug-likeness (QED) is 0.797. The van der Waals surface area contributed by atoms with Crippen LogP contribution in [0, 0.1) is 5.92 Å². The number of anilines is 1. The third kappa shape index (κ3) is 4.03. The van der Waals surface area contributed by atoms with Crippen LogP contribution in [0.4, 0.5) is 5.69 Å². The molecule has 3 rings (SSSR count). The number of ether oxygens (including phenoxy) is 1. The molecule has 2 saturated heterocycles. The van der Waals surface area contributed by atoms with Gasteiger partial charge in [-0.15, -0.1) is 0 Å². The van der Waals surface area contributed by atoms with Gasteiger partial charge in [-0.3, -0.25) is 9.59 Å². The van der Waals surface area contributed by atoms with Crippen LogP contribution in [0.15, 0.2) is 24.3 Å². The fourth-order valence-electron chi connectivity index (χ4n) is 3.72. The summed E-state index contributed by atoms with van der Waals surface area (Å²) in [7, 11) is 1.68. The lowest BCUT2D eigenvalue weighted by atomic mass is 10.1. The second kappa shape index (κ2) is 8.00. The summed E-state index contributed by atoms with van der Waals surface area (Å²) in [6, 6.07) is 8.20. The number of benzene rings is 1. The average Bonchev–Trinajstić information content (AvgIpc) is 3.26. The normalized spacial score (nSPS) is 23.5. The van der Waals surface area contributed by atoms with Gasteiger partial charge >= 0.3 is 0 Å². The third-order valence-corrected chi connectivity index (χ3v) is 5.33. The van der Waals surface area contributed by atoms with Crippen molar-refractivity contribution in [3.8, 4) is 0 Å². The number of carbonyl (C=O) groups excluding carboxylic acids is 2. The lowest BCUT2D eigenvalue weighted by molar-refractivity contribution is -0.135. The smallest absolute Gasteiger partial charge is 0.228 e. The third-order valence-electron chi connectivity index (χ3n) is 5.33. The molecule has 25 heavy (non-hydrogen) atoms. The molecule has 2 amide bonds. The summed E-state index contributed by atoms with van der Waals surface area (Å²) in [6.07, 6.45) is 4.75. The first-order chi connectivity index (χ1) is 12.1. The predicted molar refractivity (Wildman–Crippen MR) is 97.5 cm³/mol. The molecule has 0 N–H and O–H groups in total. The van der Waals surface area contributed by atoms with Crippen LogP contribution in [-0.2, 0) is 20.7 Å². The van der Waals surface area contributed by atoms with Crippen molar-refractivity contribution < 1.29 is 14.3 Å². The van der Waals surface area contributed by atoms with Crippen molar-refractivity contribution in [3.63, 3.8) is 0 Å². The van der Waals surface area contributed by atoms with E-state index < -0.39 is 0 Å². The van der Waals surface area contributed by atoms with Gasteiger partial charge in [0.25, 0.3) is 0 Å². The van der Waals surface area contributed by atoms with Crippen molar-refractivity contribution in [1.29, 1.82) is 0 Å².